The molecule has 458 valence electrons. The van der Waals surface area contributed by atoms with Crippen LogP contribution >= 0.6 is 76.3 Å². The van der Waals surface area contributed by atoms with Crippen LogP contribution < -0.4 is 11.2 Å². The van der Waals surface area contributed by atoms with Gasteiger partial charge >= 0.3 is 7.12 Å². The highest BCUT2D eigenvalue weighted by Gasteiger charge is 2.23. The third kappa shape index (κ3) is 16.2. The van der Waals surface area contributed by atoms with Gasteiger partial charge in [-0.05, 0) is 170 Å². The first kappa shape index (κ1) is 68.0. The summed E-state index contributed by atoms with van der Waals surface area (Å²) in [7, 11) is 5.95. The number of halogens is 4. The molecule has 7 heterocycles. The van der Waals surface area contributed by atoms with E-state index in [-0.39, 0.29) is 0 Å². The number of hydrogen-bond acceptors (Lipinski definition) is 16. The van der Waals surface area contributed by atoms with Crippen molar-refractivity contribution in [1.29, 1.82) is 15.8 Å². The number of pyridine rings is 5. The largest absolute Gasteiger partial charge is 0.490 e. The Hall–Kier alpha value is -8.43. The van der Waals surface area contributed by atoms with Crippen molar-refractivity contribution in [2.24, 2.45) is 0 Å². The van der Waals surface area contributed by atoms with Crippen molar-refractivity contribution in [2.45, 2.75) is 64.2 Å². The number of nitriles is 3. The second kappa shape index (κ2) is 29.9. The van der Waals surface area contributed by atoms with Gasteiger partial charge in [-0.3, -0.25) is 24.9 Å². The summed E-state index contributed by atoms with van der Waals surface area (Å²) in [6.45, 7) is 11.6. The molecule has 0 radical (unpaired) electrons. The predicted molar refractivity (Wildman–Crippen MR) is 385 cm³/mol. The zero-order valence-corrected chi connectivity index (χ0v) is 57.5. The fourth-order valence-electron chi connectivity index (χ4n) is 9.81. The van der Waals surface area contributed by atoms with Crippen molar-refractivity contribution in [1.82, 2.24) is 33.7 Å². The third-order valence-corrected chi connectivity index (χ3v) is 18.0. The highest BCUT2D eigenvalue weighted by molar-refractivity contribution is 9.10. The Morgan fingerprint density at radius 1 is 0.522 bits per heavy atom. The van der Waals surface area contributed by atoms with Crippen molar-refractivity contribution in [3.8, 4) is 50.2 Å². The molecule has 0 saturated carbocycles. The fraction of sp³-hybridized carbons (Fsp3) is 0.143. The summed E-state index contributed by atoms with van der Waals surface area (Å²) in [6, 6.07) is 57.4. The number of benzene rings is 6. The fourth-order valence-corrected chi connectivity index (χ4v) is 12.3. The molecule has 6 aromatic carbocycles. The van der Waals surface area contributed by atoms with E-state index < -0.39 is 32.6 Å². The second-order valence-corrected chi connectivity index (χ2v) is 28.5. The second-order valence-electron chi connectivity index (χ2n) is 22.6. The Kier molecular flexibility index (Phi) is 22.1. The van der Waals surface area contributed by atoms with Gasteiger partial charge in [0.15, 0.2) is 0 Å². The van der Waals surface area contributed by atoms with E-state index in [0.29, 0.717) is 11.2 Å². The highest BCUT2D eigenvalue weighted by Crippen LogP contribution is 2.41. The topological polar surface area (TPSA) is 245 Å². The molecular weight excluding hydrogens is 1380 g/mol. The Bertz CT molecular complexity index is 4920. The zero-order valence-electron chi connectivity index (χ0n) is 50.3. The van der Waals surface area contributed by atoms with Gasteiger partial charge in [0.25, 0.3) is 0 Å². The minimum absolute atomic E-state index is 0.414. The maximum Gasteiger partial charge on any atom is 0.490 e. The number of nitrogens with zero attached hydrogens (tertiary/aromatic N) is 10. The van der Waals surface area contributed by atoms with Crippen LogP contribution in [0.2, 0.25) is 0 Å². The molecule has 0 bridgehead atoms. The van der Waals surface area contributed by atoms with E-state index in [0.717, 1.165) is 130 Å². The van der Waals surface area contributed by atoms with E-state index in [1.165, 1.54) is 29.3 Å². The first-order valence-electron chi connectivity index (χ1n) is 28.3. The van der Waals surface area contributed by atoms with Gasteiger partial charge in [-0.1, -0.05) is 123 Å². The Balaban J connectivity index is 0.000000149. The molecule has 13 rings (SSSR count). The molecule has 14 nitrogen and oxygen atoms in total. The van der Waals surface area contributed by atoms with Crippen molar-refractivity contribution < 1.29 is 14.3 Å². The summed E-state index contributed by atoms with van der Waals surface area (Å²) in [5.41, 5.74) is 20.1. The van der Waals surface area contributed by atoms with Gasteiger partial charge in [-0.15, -0.1) is 0 Å². The zero-order chi connectivity index (χ0) is 65.9. The van der Waals surface area contributed by atoms with Crippen LogP contribution in [0.25, 0.3) is 86.5 Å². The van der Waals surface area contributed by atoms with Crippen molar-refractivity contribution in [2.75, 3.05) is 5.73 Å². The molecular formula is C70H56BBr2Cl2N11O3S3. The minimum atomic E-state index is -1.67. The quantitative estimate of drug-likeness (QED) is 0.0899. The van der Waals surface area contributed by atoms with E-state index in [1.54, 1.807) is 30.7 Å². The summed E-state index contributed by atoms with van der Waals surface area (Å²) in [5.74, 6) is 0. The van der Waals surface area contributed by atoms with E-state index in [2.05, 4.69) is 178 Å². The monoisotopic (exact) mass is 1430 g/mol. The van der Waals surface area contributed by atoms with Crippen molar-refractivity contribution in [3.63, 3.8) is 0 Å². The number of aromatic nitrogens is 7. The average molecular weight is 1440 g/mol. The van der Waals surface area contributed by atoms with Gasteiger partial charge in [0.05, 0.1) is 85.0 Å². The van der Waals surface area contributed by atoms with Crippen LogP contribution in [0.4, 0.5) is 5.69 Å². The van der Waals surface area contributed by atoms with E-state index >= 15 is 0 Å². The van der Waals surface area contributed by atoms with E-state index in [1.807, 2.05) is 127 Å². The summed E-state index contributed by atoms with van der Waals surface area (Å²) in [5, 5.41) is 50.5. The van der Waals surface area contributed by atoms with Gasteiger partial charge in [0.1, 0.15) is 11.0 Å². The highest BCUT2D eigenvalue weighted by atomic mass is 79.9. The summed E-state index contributed by atoms with van der Waals surface area (Å²) in [6.07, 6.45) is 12.8. The molecule has 92 heavy (non-hydrogen) atoms. The molecule has 0 amide bonds. The lowest BCUT2D eigenvalue weighted by Gasteiger charge is -2.16. The smallest absolute Gasteiger partial charge is 0.423 e. The number of fused-ring (bicyclic) bond motifs is 7. The van der Waals surface area contributed by atoms with Gasteiger partial charge in [-0.2, -0.15) is 24.5 Å². The molecule has 0 unspecified atom stereocenters. The van der Waals surface area contributed by atoms with Crippen molar-refractivity contribution >= 4 is 158 Å². The van der Waals surface area contributed by atoms with Crippen LogP contribution in [-0.2, 0) is 31.9 Å². The predicted octanol–water partition coefficient (Wildman–Crippen LogP) is 17.2. The summed E-state index contributed by atoms with van der Waals surface area (Å²) >= 11 is 10.0. The Labute approximate surface area is 569 Å². The van der Waals surface area contributed by atoms with Crippen LogP contribution in [0.3, 0.4) is 0 Å². The van der Waals surface area contributed by atoms with Gasteiger partial charge < -0.3 is 15.8 Å². The number of anilines is 1. The van der Waals surface area contributed by atoms with Crippen molar-refractivity contribution in [3.05, 3.63) is 232 Å². The van der Waals surface area contributed by atoms with Crippen LogP contribution in [0.1, 0.15) is 69.4 Å². The lowest BCUT2D eigenvalue weighted by molar-refractivity contribution is 0.425. The molecule has 0 fully saturated rings. The van der Waals surface area contributed by atoms with Gasteiger partial charge in [0.2, 0.25) is 9.23 Å². The minimum Gasteiger partial charge on any atom is -0.423 e. The molecule has 0 saturated heterocycles. The van der Waals surface area contributed by atoms with E-state index in [9.17, 15) is 15.8 Å². The number of rotatable bonds is 9. The molecule has 0 aliphatic heterocycles. The first-order valence-corrected chi connectivity index (χ1v) is 34.2. The third-order valence-electron chi connectivity index (χ3n) is 15.2. The molecule has 13 aromatic rings. The molecule has 7 aromatic heterocycles. The van der Waals surface area contributed by atoms with Crippen LogP contribution in [0, 0.1) is 34.0 Å². The number of nitrogen functional groups attached to an aromatic ring is 1. The summed E-state index contributed by atoms with van der Waals surface area (Å²) < 4.78 is 20.3. The molecule has 0 atom stereocenters. The van der Waals surface area contributed by atoms with E-state index in [4.69, 9.17) is 20.0 Å². The average Bonchev–Trinajstić information content (AvgIpc) is 1.54. The molecule has 0 spiro atoms. The molecule has 22 heteroatoms. The Morgan fingerprint density at radius 3 is 1.37 bits per heavy atom. The standard InChI is InChI=1S/C25H18N4S.C20H14BrN3S.C20H18BrN3.C5H6BNO2.Cl2OS/c1-25(2,15-26)19-8-5-16(6-9-19)24-23-20-12-17(18-4-3-11-27-13-18)7-10-21(20)28-14-22(23)29-30-24;1-20(2,11-22)13-5-3-12(4-6-13)19-18-15-9-14(21)7-8-16(15)23-10-17(18)24-25-19;1-20(2,12-22)14-5-3-13(4-6-14)9-16-17-10-15(21)7-8-19(17)24-11-18(16)23;8-6(9)5-2-1-3-7-4-5;1-4(2)3/h3-14H,1-2H3;3-10H,1-2H3;3-8,10-11H,9,23H2,1-2H3;1-4,8-9H;. The lowest BCUT2D eigenvalue weighted by Crippen LogP contribution is -2.29. The van der Waals surface area contributed by atoms with Gasteiger partial charge in [-0.25, -0.2) is 4.21 Å². The maximum absolute atomic E-state index is 9.41. The molecule has 0 aliphatic rings. The molecule has 0 aliphatic carbocycles. The first-order chi connectivity index (χ1) is 44.0. The number of nitrogens with two attached hydrogens (primary N) is 1. The maximum atomic E-state index is 9.41. The van der Waals surface area contributed by atoms with Gasteiger partial charge in [0, 0.05) is 99.5 Å². The normalized spacial score (nSPS) is 11.2. The van der Waals surface area contributed by atoms with Crippen LogP contribution in [-0.4, -0.2) is 55.0 Å². The van der Waals surface area contributed by atoms with Crippen LogP contribution in [0.5, 0.6) is 0 Å². The molecule has 4 N–H and O–H groups in total. The summed E-state index contributed by atoms with van der Waals surface area (Å²) in [4.78, 5) is 23.7. The Morgan fingerprint density at radius 2 is 0.935 bits per heavy atom. The lowest BCUT2D eigenvalue weighted by atomic mass is 9.82. The van der Waals surface area contributed by atoms with Crippen LogP contribution in [0.15, 0.2) is 204 Å². The number of hydrogen-bond donors (Lipinski definition) is 3. The SMILES string of the molecule is CC(C)(C#N)c1ccc(-c2snc3cnc4ccc(-c5cccnc5)cc4c23)cc1.CC(C)(C#N)c1ccc(-c2snc3cnc4ccc(Br)cc4c23)cc1.CC(C)(C#N)c1ccc(Cc2c(N)cnc3ccc(Br)cc23)cc1.O=S(Cl)Cl.OB(O)c1cccnc1.